The van der Waals surface area contributed by atoms with E-state index in [1.54, 1.807) is 0 Å². The molecule has 2 aliphatic heterocycles. The van der Waals surface area contributed by atoms with Crippen molar-refractivity contribution in [2.24, 2.45) is 5.92 Å². The molecule has 0 radical (unpaired) electrons. The van der Waals surface area contributed by atoms with E-state index < -0.39 is 5.60 Å². The van der Waals surface area contributed by atoms with Crippen molar-refractivity contribution in [1.29, 1.82) is 0 Å². The minimum absolute atomic E-state index is 0.170. The fourth-order valence-corrected chi connectivity index (χ4v) is 3.02. The first-order valence-electron chi connectivity index (χ1n) is 7.75. The Balaban J connectivity index is 1.86. The van der Waals surface area contributed by atoms with Gasteiger partial charge in [-0.1, -0.05) is 0 Å². The van der Waals surface area contributed by atoms with Crippen LogP contribution in [0.1, 0.15) is 33.6 Å². The molecule has 0 spiro atoms. The molecule has 0 bridgehead atoms. The van der Waals surface area contributed by atoms with Crippen molar-refractivity contribution in [3.8, 4) is 0 Å². The maximum absolute atomic E-state index is 12.2. The van der Waals surface area contributed by atoms with Gasteiger partial charge >= 0.3 is 6.09 Å². The average molecular weight is 283 g/mol. The number of ether oxygens (including phenoxy) is 1. The molecular formula is C15H29N3O2. The second-order valence-corrected chi connectivity index (χ2v) is 7.13. The minimum atomic E-state index is -0.412. The highest BCUT2D eigenvalue weighted by atomic mass is 16.6. The summed E-state index contributed by atoms with van der Waals surface area (Å²) in [7, 11) is 2.18. The number of nitrogens with one attached hydrogen (secondary N) is 1. The second kappa shape index (κ2) is 6.31. The van der Waals surface area contributed by atoms with E-state index in [1.807, 2.05) is 25.7 Å². The Morgan fingerprint density at radius 1 is 1.20 bits per heavy atom. The molecule has 2 saturated heterocycles. The second-order valence-electron chi connectivity index (χ2n) is 7.13. The van der Waals surface area contributed by atoms with E-state index in [9.17, 15) is 4.79 Å². The van der Waals surface area contributed by atoms with Gasteiger partial charge in [-0.3, -0.25) is 0 Å². The number of piperazine rings is 1. The highest BCUT2D eigenvalue weighted by molar-refractivity contribution is 5.68. The largest absolute Gasteiger partial charge is 0.444 e. The van der Waals surface area contributed by atoms with Crippen LogP contribution in [0.15, 0.2) is 0 Å². The Morgan fingerprint density at radius 3 is 2.45 bits per heavy atom. The lowest BCUT2D eigenvalue weighted by Gasteiger charge is -2.40. The van der Waals surface area contributed by atoms with Crippen LogP contribution in [0, 0.1) is 5.92 Å². The van der Waals surface area contributed by atoms with Crippen LogP contribution in [-0.4, -0.2) is 67.3 Å². The van der Waals surface area contributed by atoms with Crippen LogP contribution >= 0.6 is 0 Å². The number of hydrogen-bond acceptors (Lipinski definition) is 4. The Hall–Kier alpha value is -0.810. The molecule has 2 heterocycles. The summed E-state index contributed by atoms with van der Waals surface area (Å²) in [5.74, 6) is 0.677. The van der Waals surface area contributed by atoms with Gasteiger partial charge in [0.15, 0.2) is 0 Å². The van der Waals surface area contributed by atoms with Crippen LogP contribution in [0.3, 0.4) is 0 Å². The molecule has 1 atom stereocenters. The van der Waals surface area contributed by atoms with Crippen LogP contribution in [0.25, 0.3) is 0 Å². The Labute approximate surface area is 122 Å². The molecule has 0 aromatic carbocycles. The summed E-state index contributed by atoms with van der Waals surface area (Å²) < 4.78 is 5.48. The monoisotopic (exact) mass is 283 g/mol. The Kier molecular flexibility index (Phi) is 4.91. The number of carbonyl (C=O) groups is 1. The van der Waals surface area contributed by atoms with Gasteiger partial charge in [-0.15, -0.1) is 0 Å². The van der Waals surface area contributed by atoms with Gasteiger partial charge < -0.3 is 19.9 Å². The molecule has 2 rings (SSSR count). The zero-order valence-corrected chi connectivity index (χ0v) is 13.3. The summed E-state index contributed by atoms with van der Waals surface area (Å²) in [5, 5.41) is 3.58. The maximum atomic E-state index is 12.2. The Bertz CT molecular complexity index is 333. The lowest BCUT2D eigenvalue weighted by molar-refractivity contribution is 0.0154. The summed E-state index contributed by atoms with van der Waals surface area (Å²) in [6.45, 7) is 10.5. The third-order valence-corrected chi connectivity index (χ3v) is 4.19. The van der Waals surface area contributed by atoms with E-state index in [-0.39, 0.29) is 6.09 Å². The molecule has 5 nitrogen and oxygen atoms in total. The van der Waals surface area contributed by atoms with Crippen molar-refractivity contribution in [2.45, 2.75) is 45.3 Å². The Morgan fingerprint density at radius 2 is 1.85 bits per heavy atom. The highest BCUT2D eigenvalue weighted by Crippen LogP contribution is 2.22. The number of hydrogen-bond donors (Lipinski definition) is 1. The quantitative estimate of drug-likeness (QED) is 0.793. The predicted octanol–water partition coefficient (Wildman–Crippen LogP) is 1.54. The highest BCUT2D eigenvalue weighted by Gasteiger charge is 2.32. The summed E-state index contributed by atoms with van der Waals surface area (Å²) >= 11 is 0. The lowest BCUT2D eigenvalue weighted by Crippen LogP contribution is -2.57. The van der Waals surface area contributed by atoms with Crippen LogP contribution in [-0.2, 0) is 4.74 Å². The fraction of sp³-hybridized carbons (Fsp3) is 0.933. The molecule has 0 aromatic heterocycles. The van der Waals surface area contributed by atoms with Gasteiger partial charge in [-0.25, -0.2) is 4.79 Å². The number of carbonyl (C=O) groups excluding carboxylic acids is 1. The molecule has 2 aliphatic rings. The standard InChI is InChI=1S/C15H29N3O2/c1-15(2,3)20-14(19)18-10-7-16-13(11-18)12-5-8-17(4)9-6-12/h12-13,16H,5-11H2,1-4H3. The fourth-order valence-electron chi connectivity index (χ4n) is 3.02. The van der Waals surface area contributed by atoms with E-state index in [2.05, 4.69) is 17.3 Å². The molecule has 0 aromatic rings. The van der Waals surface area contributed by atoms with Gasteiger partial charge in [0.2, 0.25) is 0 Å². The molecule has 0 aliphatic carbocycles. The summed E-state index contributed by atoms with van der Waals surface area (Å²) in [4.78, 5) is 16.4. The summed E-state index contributed by atoms with van der Waals surface area (Å²) in [5.41, 5.74) is -0.412. The van der Waals surface area contributed by atoms with Crippen LogP contribution < -0.4 is 5.32 Å². The summed E-state index contributed by atoms with van der Waals surface area (Å²) in [6, 6.07) is 0.421. The smallest absolute Gasteiger partial charge is 0.410 e. The van der Waals surface area contributed by atoms with Crippen molar-refractivity contribution in [1.82, 2.24) is 15.1 Å². The lowest BCUT2D eigenvalue weighted by atomic mass is 9.88. The molecule has 1 amide bonds. The number of nitrogens with zero attached hydrogens (tertiary/aromatic N) is 2. The van der Waals surface area contributed by atoms with Crippen molar-refractivity contribution >= 4 is 6.09 Å². The predicted molar refractivity (Wildman–Crippen MR) is 79.8 cm³/mol. The average Bonchev–Trinajstić information content (AvgIpc) is 2.38. The first-order valence-corrected chi connectivity index (χ1v) is 7.75. The first kappa shape index (κ1) is 15.6. The molecule has 0 saturated carbocycles. The number of rotatable bonds is 1. The topological polar surface area (TPSA) is 44.8 Å². The van der Waals surface area contributed by atoms with Gasteiger partial charge in [-0.05, 0) is 59.7 Å². The van der Waals surface area contributed by atoms with Crippen molar-refractivity contribution in [3.05, 3.63) is 0 Å². The molecule has 2 fully saturated rings. The first-order chi connectivity index (χ1) is 9.35. The van der Waals surface area contributed by atoms with Crippen LogP contribution in [0.4, 0.5) is 4.79 Å². The van der Waals surface area contributed by atoms with Crippen LogP contribution in [0.2, 0.25) is 0 Å². The van der Waals surface area contributed by atoms with Gasteiger partial charge in [0, 0.05) is 25.7 Å². The molecule has 116 valence electrons. The third kappa shape index (κ3) is 4.35. The third-order valence-electron chi connectivity index (χ3n) is 4.19. The van der Waals surface area contributed by atoms with Gasteiger partial charge in [0.25, 0.3) is 0 Å². The minimum Gasteiger partial charge on any atom is -0.444 e. The van der Waals surface area contributed by atoms with Gasteiger partial charge in [0.05, 0.1) is 0 Å². The van der Waals surface area contributed by atoms with E-state index in [0.717, 1.165) is 32.7 Å². The van der Waals surface area contributed by atoms with Crippen molar-refractivity contribution in [2.75, 3.05) is 39.8 Å². The van der Waals surface area contributed by atoms with Crippen molar-refractivity contribution < 1.29 is 9.53 Å². The normalized spacial score (nSPS) is 26.6. The zero-order chi connectivity index (χ0) is 14.8. The van der Waals surface area contributed by atoms with E-state index >= 15 is 0 Å². The molecule has 1 N–H and O–H groups in total. The van der Waals surface area contributed by atoms with Gasteiger partial charge in [0.1, 0.15) is 5.60 Å². The van der Waals surface area contributed by atoms with E-state index in [0.29, 0.717) is 12.0 Å². The SMILES string of the molecule is CN1CCC(C2CN(C(=O)OC(C)(C)C)CCN2)CC1. The maximum Gasteiger partial charge on any atom is 0.410 e. The number of piperidine rings is 1. The van der Waals surface area contributed by atoms with Crippen molar-refractivity contribution in [3.63, 3.8) is 0 Å². The molecular weight excluding hydrogens is 254 g/mol. The zero-order valence-electron chi connectivity index (χ0n) is 13.3. The molecule has 20 heavy (non-hydrogen) atoms. The molecule has 5 heteroatoms. The van der Waals surface area contributed by atoms with Crippen LogP contribution in [0.5, 0.6) is 0 Å². The van der Waals surface area contributed by atoms with E-state index in [4.69, 9.17) is 4.74 Å². The van der Waals surface area contributed by atoms with E-state index in [1.165, 1.54) is 12.8 Å². The summed E-state index contributed by atoms with van der Waals surface area (Å²) in [6.07, 6.45) is 2.27. The number of amides is 1. The molecule has 1 unspecified atom stereocenters. The van der Waals surface area contributed by atoms with Gasteiger partial charge in [-0.2, -0.15) is 0 Å². The number of likely N-dealkylation sites (tertiary alicyclic amines) is 1.